The molecule has 0 aliphatic rings. The van der Waals surface area contributed by atoms with Crippen molar-refractivity contribution in [3.05, 3.63) is 40.7 Å². The fourth-order valence-corrected chi connectivity index (χ4v) is 1.19. The zero-order valence-electron chi connectivity index (χ0n) is 7.42. The maximum absolute atomic E-state index is 12.8. The average molecular weight is 215 g/mol. The van der Waals surface area contributed by atoms with Crippen molar-refractivity contribution in [1.82, 2.24) is 0 Å². The lowest BCUT2D eigenvalue weighted by Crippen LogP contribution is -1.90. The van der Waals surface area contributed by atoms with E-state index < -0.39 is 11.8 Å². The van der Waals surface area contributed by atoms with Crippen LogP contribution in [-0.2, 0) is 4.79 Å². The first-order valence-corrected chi connectivity index (χ1v) is 4.25. The summed E-state index contributed by atoms with van der Waals surface area (Å²) in [5, 5.41) is 8.47. The van der Waals surface area contributed by atoms with Crippen LogP contribution in [0, 0.1) is 5.82 Å². The first-order valence-electron chi connectivity index (χ1n) is 3.87. The first-order chi connectivity index (χ1) is 6.50. The minimum absolute atomic E-state index is 0.0133. The van der Waals surface area contributed by atoms with E-state index in [0.717, 1.165) is 6.08 Å². The maximum Gasteiger partial charge on any atom is 0.328 e. The second-order valence-corrected chi connectivity index (χ2v) is 3.20. The molecule has 2 nitrogen and oxygen atoms in total. The predicted octanol–water partition coefficient (Wildman–Crippen LogP) is 2.97. The van der Waals surface area contributed by atoms with Gasteiger partial charge in [-0.2, -0.15) is 0 Å². The average Bonchev–Trinajstić information content (AvgIpc) is 2.08. The third-order valence-corrected chi connectivity index (χ3v) is 2.00. The summed E-state index contributed by atoms with van der Waals surface area (Å²) < 4.78 is 12.8. The molecule has 14 heavy (non-hydrogen) atoms. The Morgan fingerprint density at radius 2 is 2.21 bits per heavy atom. The number of carboxylic acid groups (broad SMARTS) is 1. The molecule has 0 saturated carbocycles. The van der Waals surface area contributed by atoms with Gasteiger partial charge in [-0.05, 0) is 30.2 Å². The summed E-state index contributed by atoms with van der Waals surface area (Å²) in [4.78, 5) is 10.4. The largest absolute Gasteiger partial charge is 0.478 e. The molecule has 1 aromatic carbocycles. The van der Waals surface area contributed by atoms with Crippen molar-refractivity contribution in [3.63, 3.8) is 0 Å². The molecule has 0 amide bonds. The minimum atomic E-state index is -1.04. The molecule has 1 rings (SSSR count). The lowest BCUT2D eigenvalue weighted by atomic mass is 10.1. The number of rotatable bonds is 2. The van der Waals surface area contributed by atoms with Crippen molar-refractivity contribution < 1.29 is 14.3 Å². The molecule has 0 radical (unpaired) electrons. The SMILES string of the molecule is C/C(=C\C(=O)O)c1ccc(F)c(Cl)c1. The van der Waals surface area contributed by atoms with Crippen LogP contribution >= 0.6 is 11.6 Å². The Labute approximate surface area is 85.6 Å². The topological polar surface area (TPSA) is 37.3 Å². The van der Waals surface area contributed by atoms with E-state index in [4.69, 9.17) is 16.7 Å². The Bertz CT molecular complexity index is 399. The second kappa shape index (κ2) is 4.24. The maximum atomic E-state index is 12.8. The number of aliphatic carboxylic acids is 1. The zero-order chi connectivity index (χ0) is 10.7. The van der Waals surface area contributed by atoms with Gasteiger partial charge in [0.25, 0.3) is 0 Å². The number of hydrogen-bond donors (Lipinski definition) is 1. The van der Waals surface area contributed by atoms with E-state index in [9.17, 15) is 9.18 Å². The van der Waals surface area contributed by atoms with Crippen LogP contribution in [0.5, 0.6) is 0 Å². The molecule has 0 saturated heterocycles. The van der Waals surface area contributed by atoms with Crippen molar-refractivity contribution >= 4 is 23.1 Å². The van der Waals surface area contributed by atoms with Gasteiger partial charge in [0.05, 0.1) is 5.02 Å². The van der Waals surface area contributed by atoms with E-state index in [0.29, 0.717) is 11.1 Å². The molecular formula is C10H8ClFO2. The monoisotopic (exact) mass is 214 g/mol. The molecule has 74 valence electrons. The summed E-state index contributed by atoms with van der Waals surface area (Å²) in [5.74, 6) is -1.55. The van der Waals surface area contributed by atoms with Crippen molar-refractivity contribution in [2.75, 3.05) is 0 Å². The smallest absolute Gasteiger partial charge is 0.328 e. The van der Waals surface area contributed by atoms with Gasteiger partial charge in [-0.25, -0.2) is 9.18 Å². The second-order valence-electron chi connectivity index (χ2n) is 2.79. The Kier molecular flexibility index (Phi) is 3.25. The predicted molar refractivity (Wildman–Crippen MR) is 52.7 cm³/mol. The summed E-state index contributed by atoms with van der Waals surface area (Å²) in [6.45, 7) is 1.62. The molecule has 1 aromatic rings. The van der Waals surface area contributed by atoms with Crippen LogP contribution in [0.2, 0.25) is 5.02 Å². The summed E-state index contributed by atoms with van der Waals surface area (Å²) in [6, 6.07) is 4.08. The van der Waals surface area contributed by atoms with E-state index in [2.05, 4.69) is 0 Å². The van der Waals surface area contributed by atoms with Crippen LogP contribution in [0.15, 0.2) is 24.3 Å². The van der Waals surface area contributed by atoms with E-state index in [-0.39, 0.29) is 5.02 Å². The molecule has 0 bridgehead atoms. The molecule has 0 unspecified atom stereocenters. The van der Waals surface area contributed by atoms with Crippen molar-refractivity contribution in [3.8, 4) is 0 Å². The molecule has 1 N–H and O–H groups in total. The van der Waals surface area contributed by atoms with Crippen molar-refractivity contribution in [2.24, 2.45) is 0 Å². The zero-order valence-corrected chi connectivity index (χ0v) is 8.18. The van der Waals surface area contributed by atoms with Crippen LogP contribution in [0.1, 0.15) is 12.5 Å². The third-order valence-electron chi connectivity index (χ3n) is 1.71. The van der Waals surface area contributed by atoms with Gasteiger partial charge >= 0.3 is 5.97 Å². The van der Waals surface area contributed by atoms with E-state index >= 15 is 0 Å². The molecule has 0 aliphatic heterocycles. The highest BCUT2D eigenvalue weighted by Crippen LogP contribution is 2.21. The Morgan fingerprint density at radius 3 is 2.71 bits per heavy atom. The van der Waals surface area contributed by atoms with Crippen molar-refractivity contribution in [1.29, 1.82) is 0 Å². The molecular weight excluding hydrogens is 207 g/mol. The van der Waals surface area contributed by atoms with Gasteiger partial charge < -0.3 is 5.11 Å². The molecule has 0 atom stereocenters. The number of carboxylic acids is 1. The normalized spacial score (nSPS) is 11.5. The Balaban J connectivity index is 3.09. The summed E-state index contributed by atoms with van der Waals surface area (Å²) in [7, 11) is 0. The molecule has 0 aliphatic carbocycles. The lowest BCUT2D eigenvalue weighted by Gasteiger charge is -2.01. The highest BCUT2D eigenvalue weighted by molar-refractivity contribution is 6.30. The number of allylic oxidation sites excluding steroid dienone is 1. The summed E-state index contributed by atoms with van der Waals surface area (Å²) in [5.41, 5.74) is 1.12. The molecule has 0 fully saturated rings. The van der Waals surface area contributed by atoms with Gasteiger partial charge in [0.1, 0.15) is 5.82 Å². The molecule has 4 heteroatoms. The van der Waals surface area contributed by atoms with Crippen LogP contribution in [0.25, 0.3) is 5.57 Å². The quantitative estimate of drug-likeness (QED) is 0.769. The Morgan fingerprint density at radius 1 is 1.57 bits per heavy atom. The molecule has 0 spiro atoms. The number of halogens is 2. The van der Waals surface area contributed by atoms with Gasteiger partial charge in [0, 0.05) is 6.08 Å². The van der Waals surface area contributed by atoms with Gasteiger partial charge in [-0.1, -0.05) is 17.7 Å². The third kappa shape index (κ3) is 2.57. The Hall–Kier alpha value is -1.35. The van der Waals surface area contributed by atoms with Crippen LogP contribution in [-0.4, -0.2) is 11.1 Å². The van der Waals surface area contributed by atoms with Crippen LogP contribution in [0.4, 0.5) is 4.39 Å². The number of hydrogen-bond acceptors (Lipinski definition) is 1. The minimum Gasteiger partial charge on any atom is -0.478 e. The highest BCUT2D eigenvalue weighted by Gasteiger charge is 2.03. The fraction of sp³-hybridized carbons (Fsp3) is 0.100. The van der Waals surface area contributed by atoms with E-state index in [1.54, 1.807) is 6.92 Å². The van der Waals surface area contributed by atoms with Gasteiger partial charge in [0.2, 0.25) is 0 Å². The van der Waals surface area contributed by atoms with Gasteiger partial charge in [0.15, 0.2) is 0 Å². The van der Waals surface area contributed by atoms with Gasteiger partial charge in [-0.3, -0.25) is 0 Å². The van der Waals surface area contributed by atoms with E-state index in [1.807, 2.05) is 0 Å². The van der Waals surface area contributed by atoms with Crippen molar-refractivity contribution in [2.45, 2.75) is 6.92 Å². The standard InChI is InChI=1S/C10H8ClFO2/c1-6(4-10(13)14)7-2-3-9(12)8(11)5-7/h2-5H,1H3,(H,13,14)/b6-4+. The molecule has 0 heterocycles. The first kappa shape index (κ1) is 10.7. The van der Waals surface area contributed by atoms with Crippen LogP contribution in [0.3, 0.4) is 0 Å². The van der Waals surface area contributed by atoms with Crippen LogP contribution < -0.4 is 0 Å². The number of benzene rings is 1. The molecule has 0 aromatic heterocycles. The van der Waals surface area contributed by atoms with Gasteiger partial charge in [-0.15, -0.1) is 0 Å². The highest BCUT2D eigenvalue weighted by atomic mass is 35.5. The fourth-order valence-electron chi connectivity index (χ4n) is 1.01. The summed E-state index contributed by atoms with van der Waals surface area (Å²) in [6.07, 6.45) is 1.05. The van der Waals surface area contributed by atoms with E-state index in [1.165, 1.54) is 18.2 Å². The number of carbonyl (C=O) groups is 1. The summed E-state index contributed by atoms with van der Waals surface area (Å²) >= 11 is 5.54. The lowest BCUT2D eigenvalue weighted by molar-refractivity contribution is -0.131.